The number of carbonyl (C=O) groups excluding carboxylic acids is 1. The fourth-order valence-electron chi connectivity index (χ4n) is 1.40. The zero-order valence-corrected chi connectivity index (χ0v) is 11.7. The van der Waals surface area contributed by atoms with Crippen LogP contribution in [0.3, 0.4) is 0 Å². The van der Waals surface area contributed by atoms with Gasteiger partial charge < -0.3 is 14.8 Å². The molecule has 9 nitrogen and oxygen atoms in total. The molecule has 0 heterocycles. The lowest BCUT2D eigenvalue weighted by molar-refractivity contribution is -0.869. The molecule has 0 saturated carbocycles. The van der Waals surface area contributed by atoms with Crippen LogP contribution in [0.25, 0.3) is 0 Å². The van der Waals surface area contributed by atoms with Crippen LogP contribution in [0.15, 0.2) is 0 Å². The summed E-state index contributed by atoms with van der Waals surface area (Å²) >= 11 is 0. The van der Waals surface area contributed by atoms with Crippen LogP contribution in [0.4, 0.5) is 0 Å². The highest BCUT2D eigenvalue weighted by molar-refractivity contribution is 7.91. The highest BCUT2D eigenvalue weighted by Crippen LogP contribution is 2.15. The maximum atomic E-state index is 11.1. The van der Waals surface area contributed by atoms with Gasteiger partial charge in [0.05, 0.1) is 27.7 Å². The number of carbonyl (C=O) groups is 1. The van der Waals surface area contributed by atoms with Crippen molar-refractivity contribution in [2.75, 3.05) is 27.7 Å². The normalized spacial score (nSPS) is 17.2. The number of nitrogens with two attached hydrogens (primary N) is 1. The average Bonchev–Trinajstić information content (AvgIpc) is 1.94. The topological polar surface area (TPSA) is 155 Å². The molecular formula is C7H16N2O7S2. The Labute approximate surface area is 106 Å². The summed E-state index contributed by atoms with van der Waals surface area (Å²) in [4.78, 5) is 11.0. The van der Waals surface area contributed by atoms with E-state index < -0.39 is 43.2 Å². The van der Waals surface area contributed by atoms with E-state index in [0.717, 1.165) is 0 Å². The fourth-order valence-corrected chi connectivity index (χ4v) is 4.06. The second-order valence-electron chi connectivity index (χ2n) is 4.84. The number of hydrogen-bond acceptors (Lipinski definition) is 6. The van der Waals surface area contributed by atoms with Gasteiger partial charge in [-0.15, -0.1) is 0 Å². The van der Waals surface area contributed by atoms with Crippen LogP contribution in [0.2, 0.25) is 0 Å². The Kier molecular flexibility index (Phi) is 4.88. The number of quaternary nitrogens is 1. The number of hydrogen-bond donors (Lipinski definition) is 2. The molecule has 0 aliphatic carbocycles. The Balaban J connectivity index is 5.79. The Morgan fingerprint density at radius 1 is 1.28 bits per heavy atom. The molecule has 3 N–H and O–H groups in total. The van der Waals surface area contributed by atoms with Gasteiger partial charge in [0.15, 0.2) is 5.25 Å². The summed E-state index contributed by atoms with van der Waals surface area (Å²) in [5.74, 6) is -1.59. The van der Waals surface area contributed by atoms with Crippen molar-refractivity contribution < 1.29 is 35.2 Å². The summed E-state index contributed by atoms with van der Waals surface area (Å²) in [7, 11) is -5.75. The third-order valence-electron chi connectivity index (χ3n) is 2.04. The molecule has 2 atom stereocenters. The van der Waals surface area contributed by atoms with Gasteiger partial charge in [-0.2, -0.15) is 8.42 Å². The number of nitrogens with zero attached hydrogens (tertiary/aromatic N) is 1. The van der Waals surface area contributed by atoms with Gasteiger partial charge in [-0.1, -0.05) is 0 Å². The maximum Gasteiger partial charge on any atom is 0.278 e. The van der Waals surface area contributed by atoms with Gasteiger partial charge >= 0.3 is 0 Å². The maximum absolute atomic E-state index is 11.1. The SMILES string of the molecule is C[N+](C)(C)CC(C(C(N)=O)S(=O)(=O)O)S(=O)(=O)[O-]. The molecule has 2 unspecified atom stereocenters. The standard InChI is InChI=1S/C7H16N2O7S2/c1-9(2,3)4-5(17(11,12)13)6(7(8)10)18(14,15)16/h5-6H,4H2,1-3H3,(H3-,8,10,11,12,13,14,15,16). The van der Waals surface area contributed by atoms with Crippen molar-refractivity contribution in [1.29, 1.82) is 0 Å². The zero-order valence-electron chi connectivity index (χ0n) is 10.1. The second-order valence-corrected chi connectivity index (χ2v) is 7.97. The molecule has 0 spiro atoms. The smallest absolute Gasteiger partial charge is 0.278 e. The summed E-state index contributed by atoms with van der Waals surface area (Å²) < 4.78 is 63.9. The van der Waals surface area contributed by atoms with Crippen molar-refractivity contribution in [3.8, 4) is 0 Å². The lowest BCUT2D eigenvalue weighted by atomic mass is 10.2. The highest BCUT2D eigenvalue weighted by atomic mass is 32.2. The van der Waals surface area contributed by atoms with E-state index in [0.29, 0.717) is 0 Å². The molecular weight excluding hydrogens is 288 g/mol. The van der Waals surface area contributed by atoms with E-state index in [9.17, 15) is 26.2 Å². The Morgan fingerprint density at radius 3 is 1.83 bits per heavy atom. The van der Waals surface area contributed by atoms with E-state index >= 15 is 0 Å². The summed E-state index contributed by atoms with van der Waals surface area (Å²) in [6, 6.07) is 0. The lowest BCUT2D eigenvalue weighted by Crippen LogP contribution is -2.55. The first-order chi connectivity index (χ1) is 7.66. The average molecular weight is 304 g/mol. The summed E-state index contributed by atoms with van der Waals surface area (Å²) in [5.41, 5.74) is 4.75. The molecule has 0 aromatic rings. The van der Waals surface area contributed by atoms with E-state index in [1.165, 1.54) is 21.1 Å². The molecule has 0 aliphatic rings. The third kappa shape index (κ3) is 5.27. The van der Waals surface area contributed by atoms with Gasteiger partial charge in [0.2, 0.25) is 5.91 Å². The van der Waals surface area contributed by atoms with Crippen molar-refractivity contribution in [2.24, 2.45) is 5.73 Å². The minimum Gasteiger partial charge on any atom is -0.748 e. The van der Waals surface area contributed by atoms with Gasteiger partial charge in [0, 0.05) is 0 Å². The highest BCUT2D eigenvalue weighted by Gasteiger charge is 2.44. The second kappa shape index (κ2) is 5.09. The Hall–Kier alpha value is -0.750. The number of rotatable bonds is 6. The molecule has 11 heteroatoms. The van der Waals surface area contributed by atoms with Gasteiger partial charge in [-0.05, 0) is 0 Å². The van der Waals surface area contributed by atoms with Crippen molar-refractivity contribution >= 4 is 26.1 Å². The van der Waals surface area contributed by atoms with Crippen molar-refractivity contribution in [3.05, 3.63) is 0 Å². The summed E-state index contributed by atoms with van der Waals surface area (Å²) in [5, 5.41) is -4.62. The molecule has 0 rings (SSSR count). The molecule has 0 bridgehead atoms. The molecule has 0 radical (unpaired) electrons. The van der Waals surface area contributed by atoms with E-state index in [2.05, 4.69) is 0 Å². The van der Waals surface area contributed by atoms with Crippen molar-refractivity contribution in [1.82, 2.24) is 0 Å². The first-order valence-corrected chi connectivity index (χ1v) is 7.64. The van der Waals surface area contributed by atoms with Crippen molar-refractivity contribution in [2.45, 2.75) is 10.5 Å². The Morgan fingerprint density at radius 2 is 1.67 bits per heavy atom. The van der Waals surface area contributed by atoms with Crippen LogP contribution in [0, 0.1) is 0 Å². The molecule has 0 aromatic heterocycles. The van der Waals surface area contributed by atoms with Crippen LogP contribution in [0.1, 0.15) is 0 Å². The quantitative estimate of drug-likeness (QED) is 0.401. The predicted octanol–water partition coefficient (Wildman–Crippen LogP) is -2.65. The summed E-state index contributed by atoms with van der Waals surface area (Å²) in [6.45, 7) is -0.487. The number of amides is 1. The van der Waals surface area contributed by atoms with Crippen molar-refractivity contribution in [3.63, 3.8) is 0 Å². The molecule has 108 valence electrons. The van der Waals surface area contributed by atoms with Crippen LogP contribution in [0.5, 0.6) is 0 Å². The molecule has 0 aliphatic heterocycles. The first-order valence-electron chi connectivity index (χ1n) is 4.67. The molecule has 0 fully saturated rings. The van der Waals surface area contributed by atoms with Gasteiger partial charge in [0.25, 0.3) is 10.1 Å². The minimum absolute atomic E-state index is 0.106. The van der Waals surface area contributed by atoms with Gasteiger partial charge in [0.1, 0.15) is 15.4 Å². The lowest BCUT2D eigenvalue weighted by Gasteiger charge is -2.32. The van der Waals surface area contributed by atoms with E-state index in [1.54, 1.807) is 0 Å². The first kappa shape index (κ1) is 17.2. The number of primary amides is 1. The van der Waals surface area contributed by atoms with E-state index in [-0.39, 0.29) is 4.48 Å². The van der Waals surface area contributed by atoms with E-state index in [1.807, 2.05) is 0 Å². The van der Waals surface area contributed by atoms with Gasteiger partial charge in [-0.25, -0.2) is 8.42 Å². The van der Waals surface area contributed by atoms with Crippen LogP contribution >= 0.6 is 0 Å². The minimum atomic E-state index is -5.13. The van der Waals surface area contributed by atoms with E-state index in [4.69, 9.17) is 10.3 Å². The predicted molar refractivity (Wildman–Crippen MR) is 60.9 cm³/mol. The largest absolute Gasteiger partial charge is 0.748 e. The van der Waals surface area contributed by atoms with Gasteiger partial charge in [-0.3, -0.25) is 9.35 Å². The zero-order chi connectivity index (χ0) is 14.9. The molecule has 18 heavy (non-hydrogen) atoms. The fraction of sp³-hybridized carbons (Fsp3) is 0.857. The monoisotopic (exact) mass is 304 g/mol. The van der Waals surface area contributed by atoms with Crippen LogP contribution in [-0.2, 0) is 25.0 Å². The molecule has 0 aromatic carbocycles. The van der Waals surface area contributed by atoms with Crippen LogP contribution in [-0.4, -0.2) is 74.5 Å². The Bertz CT molecular complexity index is 516. The van der Waals surface area contributed by atoms with Crippen LogP contribution < -0.4 is 5.73 Å². The molecule has 1 amide bonds. The summed E-state index contributed by atoms with van der Waals surface area (Å²) in [6.07, 6.45) is 0. The molecule has 0 saturated heterocycles. The third-order valence-corrected chi connectivity index (χ3v) is 4.58.